The van der Waals surface area contributed by atoms with E-state index in [1.807, 2.05) is 6.07 Å². The molecule has 5 aromatic rings. The molecule has 1 aliphatic heterocycles. The van der Waals surface area contributed by atoms with Crippen LogP contribution in [0.15, 0.2) is 42.5 Å². The van der Waals surface area contributed by atoms with Crippen LogP contribution in [0, 0.1) is 11.6 Å². The van der Waals surface area contributed by atoms with Crippen molar-refractivity contribution in [1.29, 1.82) is 0 Å². The van der Waals surface area contributed by atoms with Crippen molar-refractivity contribution in [2.45, 2.75) is 18.6 Å². The van der Waals surface area contributed by atoms with Gasteiger partial charge in [0, 0.05) is 45.2 Å². The lowest BCUT2D eigenvalue weighted by Gasteiger charge is -2.13. The first-order chi connectivity index (χ1) is 14.6. The smallest absolute Gasteiger partial charge is 0.167 e. The molecular weight excluding hydrogens is 391 g/mol. The highest BCUT2D eigenvalue weighted by atomic mass is 19.1. The number of fused-ring (bicyclic) bond motifs is 6. The van der Waals surface area contributed by atoms with Crippen LogP contribution in [0.1, 0.15) is 6.42 Å². The van der Waals surface area contributed by atoms with Gasteiger partial charge in [-0.2, -0.15) is 0 Å². The van der Waals surface area contributed by atoms with Gasteiger partial charge in [-0.05, 0) is 48.9 Å². The molecule has 152 valence electrons. The maximum absolute atomic E-state index is 13.9. The zero-order valence-corrected chi connectivity index (χ0v) is 15.9. The van der Waals surface area contributed by atoms with Crippen LogP contribution in [0.25, 0.3) is 43.6 Å². The number of aromatic amines is 2. The molecule has 0 amide bonds. The molecule has 2 aromatic heterocycles. The Kier molecular flexibility index (Phi) is 3.77. The topological polar surface area (TPSA) is 52.8 Å². The van der Waals surface area contributed by atoms with E-state index in [1.165, 1.54) is 24.3 Å². The first kappa shape index (κ1) is 17.7. The molecule has 6 rings (SSSR count). The van der Waals surface area contributed by atoms with E-state index in [4.69, 9.17) is 4.74 Å². The Morgan fingerprint density at radius 3 is 1.97 bits per heavy atom. The quantitative estimate of drug-likeness (QED) is 0.378. The summed E-state index contributed by atoms with van der Waals surface area (Å²) in [5.74, 6) is -0.0972. The predicted molar refractivity (Wildman–Crippen MR) is 112 cm³/mol. The second-order valence-electron chi connectivity index (χ2n) is 7.93. The maximum Gasteiger partial charge on any atom is 0.167 e. The molecule has 0 saturated carbocycles. The van der Waals surface area contributed by atoms with Gasteiger partial charge in [0.2, 0.25) is 0 Å². The van der Waals surface area contributed by atoms with Gasteiger partial charge in [0.15, 0.2) is 5.75 Å². The summed E-state index contributed by atoms with van der Waals surface area (Å²) in [4.78, 5) is 6.65. The Labute approximate surface area is 169 Å². The number of rotatable bonds is 3. The van der Waals surface area contributed by atoms with Crippen molar-refractivity contribution in [1.82, 2.24) is 15.3 Å². The number of H-pyrrole nitrogens is 2. The number of ether oxygens (including phenoxy) is 1. The number of hydrogen-bond donors (Lipinski definition) is 3. The average Bonchev–Trinajstić information content (AvgIpc) is 3.40. The van der Waals surface area contributed by atoms with E-state index in [9.17, 15) is 13.2 Å². The minimum atomic E-state index is -0.874. The summed E-state index contributed by atoms with van der Waals surface area (Å²) in [6.45, 7) is 0.618. The van der Waals surface area contributed by atoms with Crippen LogP contribution in [0.3, 0.4) is 0 Å². The molecule has 7 heteroatoms. The third-order valence-corrected chi connectivity index (χ3v) is 5.94. The summed E-state index contributed by atoms with van der Waals surface area (Å²) < 4.78 is 47.7. The molecule has 2 atom stereocenters. The van der Waals surface area contributed by atoms with Crippen LogP contribution in [-0.2, 0) is 0 Å². The normalized spacial score (nSPS) is 19.6. The van der Waals surface area contributed by atoms with Crippen LogP contribution in [0.2, 0.25) is 0 Å². The van der Waals surface area contributed by atoms with E-state index in [-0.39, 0.29) is 17.7 Å². The minimum absolute atomic E-state index is 0.0889. The van der Waals surface area contributed by atoms with Crippen molar-refractivity contribution in [3.8, 4) is 5.75 Å². The molecule has 4 nitrogen and oxygen atoms in total. The van der Waals surface area contributed by atoms with Gasteiger partial charge in [0.25, 0.3) is 0 Å². The van der Waals surface area contributed by atoms with Crippen molar-refractivity contribution in [3.05, 3.63) is 54.1 Å². The molecule has 2 unspecified atom stereocenters. The number of benzene rings is 3. The highest BCUT2D eigenvalue weighted by Crippen LogP contribution is 2.41. The van der Waals surface area contributed by atoms with Crippen molar-refractivity contribution < 1.29 is 17.9 Å². The van der Waals surface area contributed by atoms with Gasteiger partial charge in [-0.15, -0.1) is 0 Å². The fourth-order valence-corrected chi connectivity index (χ4v) is 4.52. The van der Waals surface area contributed by atoms with E-state index in [1.54, 1.807) is 12.1 Å². The molecule has 0 radical (unpaired) electrons. The Balaban J connectivity index is 1.62. The van der Waals surface area contributed by atoms with E-state index in [2.05, 4.69) is 15.3 Å². The van der Waals surface area contributed by atoms with Gasteiger partial charge in [0.1, 0.15) is 24.4 Å². The van der Waals surface area contributed by atoms with Gasteiger partial charge in [-0.25, -0.2) is 13.2 Å². The van der Waals surface area contributed by atoms with Crippen LogP contribution < -0.4 is 10.1 Å². The van der Waals surface area contributed by atoms with E-state index < -0.39 is 6.17 Å². The summed E-state index contributed by atoms with van der Waals surface area (Å²) >= 11 is 0. The zero-order chi connectivity index (χ0) is 20.4. The standard InChI is InChI=1S/C23H18F3N3O/c24-11-1-3-19-15(6-11)17-8-18-16-7-12(25)2-4-20(16)29-22(18)23(21(17)28-19)30-10-14-5-13(26)9-27-14/h1-4,6-8,13-14,27-29H,5,9-10H2. The average molecular weight is 409 g/mol. The predicted octanol–water partition coefficient (Wildman–Crippen LogP) is 5.31. The number of alkyl halides is 1. The maximum atomic E-state index is 13.9. The van der Waals surface area contributed by atoms with E-state index in [0.29, 0.717) is 25.3 Å². The molecule has 0 bridgehead atoms. The molecule has 0 spiro atoms. The lowest BCUT2D eigenvalue weighted by molar-refractivity contribution is 0.273. The summed E-state index contributed by atoms with van der Waals surface area (Å²) in [6.07, 6.45) is -0.476. The summed E-state index contributed by atoms with van der Waals surface area (Å²) in [6, 6.07) is 11.0. The Morgan fingerprint density at radius 1 is 0.833 bits per heavy atom. The zero-order valence-electron chi connectivity index (χ0n) is 15.9. The molecule has 3 N–H and O–H groups in total. The number of nitrogens with one attached hydrogen (secondary N) is 3. The van der Waals surface area contributed by atoms with Crippen molar-refractivity contribution in [2.24, 2.45) is 0 Å². The Morgan fingerprint density at radius 2 is 1.43 bits per heavy atom. The second-order valence-corrected chi connectivity index (χ2v) is 7.93. The first-order valence-electron chi connectivity index (χ1n) is 9.92. The third kappa shape index (κ3) is 2.65. The Hall–Kier alpha value is -3.19. The monoisotopic (exact) mass is 409 g/mol. The molecular formula is C23H18F3N3O. The third-order valence-electron chi connectivity index (χ3n) is 5.94. The lowest BCUT2D eigenvalue weighted by Crippen LogP contribution is -2.28. The van der Waals surface area contributed by atoms with Gasteiger partial charge in [-0.3, -0.25) is 0 Å². The van der Waals surface area contributed by atoms with Crippen molar-refractivity contribution in [3.63, 3.8) is 0 Å². The first-order valence-corrected chi connectivity index (χ1v) is 9.92. The largest absolute Gasteiger partial charge is 0.488 e. The molecule has 1 aliphatic rings. The molecule has 0 aliphatic carbocycles. The number of aromatic nitrogens is 2. The van der Waals surface area contributed by atoms with E-state index in [0.717, 1.165) is 43.6 Å². The van der Waals surface area contributed by atoms with Gasteiger partial charge in [0.05, 0.1) is 11.0 Å². The van der Waals surface area contributed by atoms with Gasteiger partial charge in [-0.1, -0.05) is 0 Å². The van der Waals surface area contributed by atoms with Gasteiger partial charge < -0.3 is 20.0 Å². The molecule has 3 heterocycles. The molecule has 30 heavy (non-hydrogen) atoms. The highest BCUT2D eigenvalue weighted by molar-refractivity contribution is 6.20. The lowest BCUT2D eigenvalue weighted by atomic mass is 10.1. The van der Waals surface area contributed by atoms with Crippen LogP contribution in [0.5, 0.6) is 5.75 Å². The SMILES string of the molecule is Fc1ccc2[nH]c3c(OCC4CC(F)CN4)c4[nH]c5ccc(F)cc5c4cc3c2c1. The van der Waals surface area contributed by atoms with Crippen molar-refractivity contribution in [2.75, 3.05) is 13.2 Å². The fraction of sp³-hybridized carbons (Fsp3) is 0.217. The van der Waals surface area contributed by atoms with Crippen molar-refractivity contribution >= 4 is 43.6 Å². The molecule has 3 aromatic carbocycles. The molecule has 1 saturated heterocycles. The highest BCUT2D eigenvalue weighted by Gasteiger charge is 2.25. The van der Waals surface area contributed by atoms with Gasteiger partial charge >= 0.3 is 0 Å². The van der Waals surface area contributed by atoms with Crippen LogP contribution >= 0.6 is 0 Å². The Bertz CT molecular complexity index is 1340. The fourth-order valence-electron chi connectivity index (χ4n) is 4.52. The number of hydrogen-bond acceptors (Lipinski definition) is 2. The number of halogens is 3. The summed E-state index contributed by atoms with van der Waals surface area (Å²) in [5, 5.41) is 6.16. The summed E-state index contributed by atoms with van der Waals surface area (Å²) in [7, 11) is 0. The second kappa shape index (κ2) is 6.40. The van der Waals surface area contributed by atoms with Crippen LogP contribution in [-0.4, -0.2) is 35.3 Å². The molecule has 1 fully saturated rings. The van der Waals surface area contributed by atoms with Crippen LogP contribution in [0.4, 0.5) is 13.2 Å². The summed E-state index contributed by atoms with van der Waals surface area (Å²) in [5.41, 5.74) is 3.01. The van der Waals surface area contributed by atoms with E-state index >= 15 is 0 Å². The minimum Gasteiger partial charge on any atom is -0.488 e.